The van der Waals surface area contributed by atoms with Crippen molar-refractivity contribution in [3.05, 3.63) is 0 Å². The summed E-state index contributed by atoms with van der Waals surface area (Å²) in [5.74, 6) is 1.72. The molecule has 1 N–H and O–H groups in total. The second-order valence-corrected chi connectivity index (χ2v) is 7.73. The zero-order valence-corrected chi connectivity index (χ0v) is 13.7. The molecule has 0 radical (unpaired) electrons. The Labute approximate surface area is 129 Å². The lowest BCUT2D eigenvalue weighted by Crippen LogP contribution is -2.67. The Morgan fingerprint density at radius 1 is 1.24 bits per heavy atom. The lowest BCUT2D eigenvalue weighted by atomic mass is 9.51. The molecule has 0 aliphatic heterocycles. The maximum Gasteiger partial charge on any atom is 0.220 e. The SMILES string of the molecule is CCO[C@@H]1C[C@H](NC(=O)C[C@H]2CCC[C@H](C)C2)C12CCC2. The zero-order chi connectivity index (χ0) is 14.9. The van der Waals surface area contributed by atoms with Gasteiger partial charge in [0.1, 0.15) is 0 Å². The molecule has 0 aromatic heterocycles. The van der Waals surface area contributed by atoms with Crippen LogP contribution >= 0.6 is 0 Å². The van der Waals surface area contributed by atoms with Crippen molar-refractivity contribution in [1.29, 1.82) is 0 Å². The summed E-state index contributed by atoms with van der Waals surface area (Å²) in [7, 11) is 0. The van der Waals surface area contributed by atoms with Gasteiger partial charge in [0.25, 0.3) is 0 Å². The van der Waals surface area contributed by atoms with E-state index in [1.165, 1.54) is 44.9 Å². The maximum absolute atomic E-state index is 12.4. The highest BCUT2D eigenvalue weighted by molar-refractivity contribution is 5.76. The van der Waals surface area contributed by atoms with Crippen molar-refractivity contribution in [3.8, 4) is 0 Å². The molecule has 21 heavy (non-hydrogen) atoms. The number of hydrogen-bond donors (Lipinski definition) is 1. The third-order valence-electron chi connectivity index (χ3n) is 6.29. The summed E-state index contributed by atoms with van der Waals surface area (Å²) >= 11 is 0. The maximum atomic E-state index is 12.4. The minimum Gasteiger partial charge on any atom is -0.378 e. The van der Waals surface area contributed by atoms with Crippen molar-refractivity contribution >= 4 is 5.91 Å². The van der Waals surface area contributed by atoms with Gasteiger partial charge < -0.3 is 10.1 Å². The van der Waals surface area contributed by atoms with E-state index >= 15 is 0 Å². The third-order valence-corrected chi connectivity index (χ3v) is 6.29. The summed E-state index contributed by atoms with van der Waals surface area (Å²) in [5.41, 5.74) is 0.297. The van der Waals surface area contributed by atoms with Crippen LogP contribution in [0.5, 0.6) is 0 Å². The molecule has 3 heteroatoms. The first-order chi connectivity index (χ1) is 10.1. The number of carbonyl (C=O) groups excluding carboxylic acids is 1. The van der Waals surface area contributed by atoms with Crippen molar-refractivity contribution in [2.45, 2.75) is 83.8 Å². The van der Waals surface area contributed by atoms with Crippen LogP contribution in [0, 0.1) is 17.3 Å². The van der Waals surface area contributed by atoms with E-state index < -0.39 is 0 Å². The molecule has 3 aliphatic carbocycles. The molecule has 3 saturated carbocycles. The number of rotatable bonds is 5. The molecule has 0 bridgehead atoms. The van der Waals surface area contributed by atoms with Crippen molar-refractivity contribution in [2.24, 2.45) is 17.3 Å². The average Bonchev–Trinajstić information content (AvgIpc) is 2.35. The zero-order valence-electron chi connectivity index (χ0n) is 13.7. The molecule has 0 aromatic rings. The minimum absolute atomic E-state index is 0.292. The largest absolute Gasteiger partial charge is 0.378 e. The predicted molar refractivity (Wildman–Crippen MR) is 84.0 cm³/mol. The van der Waals surface area contributed by atoms with Crippen LogP contribution in [-0.2, 0) is 9.53 Å². The van der Waals surface area contributed by atoms with Crippen LogP contribution < -0.4 is 5.32 Å². The fourth-order valence-electron chi connectivity index (χ4n) is 4.90. The Kier molecular flexibility index (Phi) is 4.58. The van der Waals surface area contributed by atoms with Gasteiger partial charge in [-0.2, -0.15) is 0 Å². The van der Waals surface area contributed by atoms with E-state index in [1.54, 1.807) is 0 Å². The van der Waals surface area contributed by atoms with E-state index in [4.69, 9.17) is 4.74 Å². The van der Waals surface area contributed by atoms with Crippen LogP contribution in [0.4, 0.5) is 0 Å². The second-order valence-electron chi connectivity index (χ2n) is 7.73. The summed E-state index contributed by atoms with van der Waals surface area (Å²) in [6.45, 7) is 5.20. The fraction of sp³-hybridized carbons (Fsp3) is 0.944. The van der Waals surface area contributed by atoms with Gasteiger partial charge in [-0.05, 0) is 50.9 Å². The Hall–Kier alpha value is -0.570. The van der Waals surface area contributed by atoms with Gasteiger partial charge in [0.05, 0.1) is 6.10 Å². The molecule has 3 aliphatic rings. The number of ether oxygens (including phenoxy) is 1. The summed E-state index contributed by atoms with van der Waals surface area (Å²) in [6, 6.07) is 0.385. The first-order valence-electron chi connectivity index (χ1n) is 9.05. The summed E-state index contributed by atoms with van der Waals surface area (Å²) in [4.78, 5) is 12.4. The van der Waals surface area contributed by atoms with Gasteiger partial charge in [0.15, 0.2) is 0 Å². The van der Waals surface area contributed by atoms with Crippen molar-refractivity contribution in [2.75, 3.05) is 6.61 Å². The molecule has 3 nitrogen and oxygen atoms in total. The number of nitrogens with one attached hydrogen (secondary N) is 1. The van der Waals surface area contributed by atoms with Gasteiger partial charge >= 0.3 is 0 Å². The molecule has 0 saturated heterocycles. The molecule has 3 fully saturated rings. The fourth-order valence-corrected chi connectivity index (χ4v) is 4.90. The predicted octanol–water partition coefficient (Wildman–Crippen LogP) is 3.67. The minimum atomic E-state index is 0.292. The van der Waals surface area contributed by atoms with Crippen molar-refractivity contribution in [1.82, 2.24) is 5.32 Å². The highest BCUT2D eigenvalue weighted by atomic mass is 16.5. The van der Waals surface area contributed by atoms with E-state index in [2.05, 4.69) is 19.2 Å². The molecular weight excluding hydrogens is 262 g/mol. The number of amides is 1. The molecule has 0 heterocycles. The van der Waals surface area contributed by atoms with E-state index in [0.717, 1.165) is 25.4 Å². The topological polar surface area (TPSA) is 38.3 Å². The van der Waals surface area contributed by atoms with Gasteiger partial charge in [0.2, 0.25) is 5.91 Å². The van der Waals surface area contributed by atoms with E-state index in [9.17, 15) is 4.79 Å². The van der Waals surface area contributed by atoms with Crippen LogP contribution in [0.25, 0.3) is 0 Å². The van der Waals surface area contributed by atoms with Crippen LogP contribution in [-0.4, -0.2) is 24.7 Å². The molecule has 0 unspecified atom stereocenters. The lowest BCUT2D eigenvalue weighted by molar-refractivity contribution is -0.176. The molecule has 1 spiro atoms. The van der Waals surface area contributed by atoms with Crippen molar-refractivity contribution < 1.29 is 9.53 Å². The van der Waals surface area contributed by atoms with E-state index in [-0.39, 0.29) is 0 Å². The summed E-state index contributed by atoms with van der Waals surface area (Å²) in [6.07, 6.45) is 11.1. The van der Waals surface area contributed by atoms with Gasteiger partial charge in [-0.1, -0.05) is 26.2 Å². The van der Waals surface area contributed by atoms with E-state index in [0.29, 0.717) is 29.4 Å². The standard InChI is InChI=1S/C18H31NO2/c1-3-21-16-12-15(18(16)8-5-9-18)19-17(20)11-14-7-4-6-13(2)10-14/h13-16H,3-12H2,1-2H3,(H,19,20)/t13-,14-,15-,16+/m0/s1. The number of hydrogen-bond acceptors (Lipinski definition) is 2. The number of carbonyl (C=O) groups is 1. The van der Waals surface area contributed by atoms with Gasteiger partial charge in [-0.3, -0.25) is 4.79 Å². The van der Waals surface area contributed by atoms with Gasteiger partial charge in [-0.25, -0.2) is 0 Å². The van der Waals surface area contributed by atoms with Gasteiger partial charge in [0, 0.05) is 24.5 Å². The Balaban J connectivity index is 1.47. The molecule has 4 atom stereocenters. The molecule has 120 valence electrons. The van der Waals surface area contributed by atoms with Gasteiger partial charge in [-0.15, -0.1) is 0 Å². The Morgan fingerprint density at radius 2 is 2.05 bits per heavy atom. The Morgan fingerprint density at radius 3 is 2.67 bits per heavy atom. The van der Waals surface area contributed by atoms with Crippen molar-refractivity contribution in [3.63, 3.8) is 0 Å². The molecule has 1 amide bonds. The monoisotopic (exact) mass is 293 g/mol. The van der Waals surface area contributed by atoms with Crippen LogP contribution in [0.1, 0.15) is 71.6 Å². The highest BCUT2D eigenvalue weighted by Crippen LogP contribution is 2.57. The first kappa shape index (κ1) is 15.3. The van der Waals surface area contributed by atoms with E-state index in [1.807, 2.05) is 0 Å². The molecule has 0 aromatic carbocycles. The lowest BCUT2D eigenvalue weighted by Gasteiger charge is -2.61. The van der Waals surface area contributed by atoms with Crippen LogP contribution in [0.2, 0.25) is 0 Å². The quantitative estimate of drug-likeness (QED) is 0.840. The van der Waals surface area contributed by atoms with Crippen LogP contribution in [0.15, 0.2) is 0 Å². The summed E-state index contributed by atoms with van der Waals surface area (Å²) in [5, 5.41) is 3.34. The Bertz CT molecular complexity index is 377. The van der Waals surface area contributed by atoms with Crippen LogP contribution in [0.3, 0.4) is 0 Å². The second kappa shape index (κ2) is 6.28. The first-order valence-corrected chi connectivity index (χ1v) is 9.05. The summed E-state index contributed by atoms with van der Waals surface area (Å²) < 4.78 is 5.86. The molecular formula is C18H31NO2. The smallest absolute Gasteiger partial charge is 0.220 e. The normalized spacial score (nSPS) is 37.6. The average molecular weight is 293 g/mol. The third kappa shape index (κ3) is 2.99. The highest BCUT2D eigenvalue weighted by Gasteiger charge is 2.59. The molecule has 3 rings (SSSR count).